The van der Waals surface area contributed by atoms with E-state index in [1.54, 1.807) is 25.6 Å². The maximum atomic E-state index is 12.7. The van der Waals surface area contributed by atoms with Gasteiger partial charge in [0.15, 0.2) is 0 Å². The van der Waals surface area contributed by atoms with E-state index in [9.17, 15) is 18.0 Å². The Morgan fingerprint density at radius 3 is 2.48 bits per heavy atom. The highest BCUT2D eigenvalue weighted by molar-refractivity contribution is 5.95. The molecular weight excluding hydrogens is 309 g/mol. The van der Waals surface area contributed by atoms with Crippen LogP contribution in [-0.4, -0.2) is 20.7 Å². The Bertz CT molecular complexity index is 737. The lowest BCUT2D eigenvalue weighted by Crippen LogP contribution is -2.21. The molecular formula is C15H17F3N4O. The maximum Gasteiger partial charge on any atom is 0.433 e. The SMILES string of the molecule is Cc1nn(C)c(C)c1[C@H](C)C(=O)Nc1cccc(C(F)(F)F)n1. The van der Waals surface area contributed by atoms with E-state index in [-0.39, 0.29) is 5.82 Å². The number of hydrogen-bond donors (Lipinski definition) is 1. The normalized spacial score (nSPS) is 13.0. The van der Waals surface area contributed by atoms with E-state index >= 15 is 0 Å². The van der Waals surface area contributed by atoms with Crippen molar-refractivity contribution in [2.45, 2.75) is 32.9 Å². The molecule has 0 saturated heterocycles. The second-order valence-electron chi connectivity index (χ2n) is 5.32. The van der Waals surface area contributed by atoms with E-state index in [4.69, 9.17) is 0 Å². The van der Waals surface area contributed by atoms with Crippen molar-refractivity contribution < 1.29 is 18.0 Å². The molecule has 0 aliphatic rings. The molecule has 0 aromatic carbocycles. The van der Waals surface area contributed by atoms with Crippen LogP contribution in [-0.2, 0) is 18.0 Å². The van der Waals surface area contributed by atoms with Crippen molar-refractivity contribution in [2.24, 2.45) is 7.05 Å². The maximum absolute atomic E-state index is 12.7. The molecule has 23 heavy (non-hydrogen) atoms. The van der Waals surface area contributed by atoms with Gasteiger partial charge < -0.3 is 5.32 Å². The minimum absolute atomic E-state index is 0.129. The van der Waals surface area contributed by atoms with Gasteiger partial charge in [0.05, 0.1) is 11.6 Å². The van der Waals surface area contributed by atoms with Crippen molar-refractivity contribution in [1.82, 2.24) is 14.8 Å². The van der Waals surface area contributed by atoms with Crippen molar-refractivity contribution in [3.63, 3.8) is 0 Å². The molecule has 0 unspecified atom stereocenters. The van der Waals surface area contributed by atoms with E-state index in [0.717, 1.165) is 17.3 Å². The fourth-order valence-electron chi connectivity index (χ4n) is 2.44. The number of anilines is 1. The van der Waals surface area contributed by atoms with Crippen molar-refractivity contribution in [3.05, 3.63) is 40.8 Å². The molecule has 0 radical (unpaired) electrons. The number of pyridine rings is 1. The first-order chi connectivity index (χ1) is 10.6. The van der Waals surface area contributed by atoms with Gasteiger partial charge in [-0.25, -0.2) is 4.98 Å². The zero-order valence-electron chi connectivity index (χ0n) is 13.2. The predicted molar refractivity (Wildman–Crippen MR) is 79.0 cm³/mol. The molecule has 0 aliphatic heterocycles. The summed E-state index contributed by atoms with van der Waals surface area (Å²) in [6, 6.07) is 3.38. The third-order valence-corrected chi connectivity index (χ3v) is 3.68. The number of rotatable bonds is 3. The van der Waals surface area contributed by atoms with Crippen LogP contribution in [0.3, 0.4) is 0 Å². The standard InChI is InChI=1S/C15H17F3N4O/c1-8(13-9(2)21-22(4)10(13)3)14(23)20-12-7-5-6-11(19-12)15(16,17)18/h5-8H,1-4H3,(H,19,20,23)/t8-/m0/s1. The van der Waals surface area contributed by atoms with Crippen LogP contribution in [0.2, 0.25) is 0 Å². The third kappa shape index (κ3) is 3.52. The second kappa shape index (κ2) is 6.02. The lowest BCUT2D eigenvalue weighted by Gasteiger charge is -2.13. The highest BCUT2D eigenvalue weighted by atomic mass is 19.4. The zero-order chi connectivity index (χ0) is 17.4. The van der Waals surface area contributed by atoms with Gasteiger partial charge in [-0.05, 0) is 32.9 Å². The Labute approximate surface area is 131 Å². The fourth-order valence-corrected chi connectivity index (χ4v) is 2.44. The topological polar surface area (TPSA) is 59.8 Å². The minimum Gasteiger partial charge on any atom is -0.310 e. The summed E-state index contributed by atoms with van der Waals surface area (Å²) in [4.78, 5) is 15.8. The summed E-state index contributed by atoms with van der Waals surface area (Å²) >= 11 is 0. The highest BCUT2D eigenvalue weighted by Crippen LogP contribution is 2.29. The molecule has 5 nitrogen and oxygen atoms in total. The van der Waals surface area contributed by atoms with E-state index < -0.39 is 23.7 Å². The summed E-state index contributed by atoms with van der Waals surface area (Å²) in [6.07, 6.45) is -4.55. The minimum atomic E-state index is -4.55. The molecule has 0 saturated carbocycles. The Kier molecular flexibility index (Phi) is 4.44. The molecule has 2 heterocycles. The summed E-state index contributed by atoms with van der Waals surface area (Å²) in [5, 5.41) is 6.67. The van der Waals surface area contributed by atoms with Crippen LogP contribution >= 0.6 is 0 Å². The van der Waals surface area contributed by atoms with Crippen LogP contribution in [0, 0.1) is 13.8 Å². The Morgan fingerprint density at radius 1 is 1.30 bits per heavy atom. The second-order valence-corrected chi connectivity index (χ2v) is 5.32. The first-order valence-electron chi connectivity index (χ1n) is 6.96. The van der Waals surface area contributed by atoms with E-state index in [2.05, 4.69) is 15.4 Å². The summed E-state index contributed by atoms with van der Waals surface area (Å²) < 4.78 is 39.6. The van der Waals surface area contributed by atoms with Crippen LogP contribution in [0.5, 0.6) is 0 Å². The number of carbonyl (C=O) groups is 1. The molecule has 124 valence electrons. The third-order valence-electron chi connectivity index (χ3n) is 3.68. The van der Waals surface area contributed by atoms with Gasteiger partial charge >= 0.3 is 6.18 Å². The highest BCUT2D eigenvalue weighted by Gasteiger charge is 2.32. The molecule has 0 fully saturated rings. The lowest BCUT2D eigenvalue weighted by atomic mass is 9.98. The molecule has 0 aliphatic carbocycles. The molecule has 1 amide bonds. The van der Waals surface area contributed by atoms with E-state index in [0.29, 0.717) is 5.69 Å². The van der Waals surface area contributed by atoms with Gasteiger partial charge in [0.25, 0.3) is 0 Å². The lowest BCUT2D eigenvalue weighted by molar-refractivity contribution is -0.141. The largest absolute Gasteiger partial charge is 0.433 e. The van der Waals surface area contributed by atoms with Crippen LogP contribution in [0.25, 0.3) is 0 Å². The van der Waals surface area contributed by atoms with Crippen LogP contribution in [0.15, 0.2) is 18.2 Å². The smallest absolute Gasteiger partial charge is 0.310 e. The first-order valence-corrected chi connectivity index (χ1v) is 6.96. The number of aromatic nitrogens is 3. The van der Waals surface area contributed by atoms with Crippen molar-refractivity contribution >= 4 is 11.7 Å². The van der Waals surface area contributed by atoms with Gasteiger partial charge in [0, 0.05) is 18.3 Å². The molecule has 2 rings (SSSR count). The number of carbonyl (C=O) groups excluding carboxylic acids is 1. The van der Waals surface area contributed by atoms with Gasteiger partial charge in [0.2, 0.25) is 5.91 Å². The van der Waals surface area contributed by atoms with Crippen molar-refractivity contribution in [3.8, 4) is 0 Å². The Hall–Kier alpha value is -2.38. The molecule has 2 aromatic heterocycles. The average molecular weight is 326 g/mol. The molecule has 1 N–H and O–H groups in total. The van der Waals surface area contributed by atoms with E-state index in [1.807, 2.05) is 6.92 Å². The molecule has 0 bridgehead atoms. The summed E-state index contributed by atoms with van der Waals surface area (Å²) in [5.74, 6) is -1.12. The van der Waals surface area contributed by atoms with Gasteiger partial charge in [-0.1, -0.05) is 6.07 Å². The number of nitrogens with zero attached hydrogens (tertiary/aromatic N) is 3. The number of amides is 1. The number of aryl methyl sites for hydroxylation is 2. The van der Waals surface area contributed by atoms with Crippen LogP contribution < -0.4 is 5.32 Å². The summed E-state index contributed by atoms with van der Waals surface area (Å²) in [5.41, 5.74) is 1.26. The van der Waals surface area contributed by atoms with Crippen LogP contribution in [0.4, 0.5) is 19.0 Å². The molecule has 1 atom stereocenters. The number of hydrogen-bond acceptors (Lipinski definition) is 3. The fraction of sp³-hybridized carbons (Fsp3) is 0.400. The molecule has 0 spiro atoms. The zero-order valence-corrected chi connectivity index (χ0v) is 13.2. The van der Waals surface area contributed by atoms with Crippen LogP contribution in [0.1, 0.15) is 35.5 Å². The van der Waals surface area contributed by atoms with Crippen molar-refractivity contribution in [1.29, 1.82) is 0 Å². The molecule has 2 aromatic rings. The van der Waals surface area contributed by atoms with E-state index in [1.165, 1.54) is 12.1 Å². The Morgan fingerprint density at radius 2 is 1.96 bits per heavy atom. The van der Waals surface area contributed by atoms with Gasteiger partial charge in [-0.2, -0.15) is 18.3 Å². The number of alkyl halides is 3. The average Bonchev–Trinajstić information content (AvgIpc) is 2.70. The molecule has 8 heteroatoms. The Balaban J connectivity index is 2.22. The number of nitrogens with one attached hydrogen (secondary N) is 1. The summed E-state index contributed by atoms with van der Waals surface area (Å²) in [6.45, 7) is 5.30. The van der Waals surface area contributed by atoms with Gasteiger partial charge in [-0.15, -0.1) is 0 Å². The first kappa shape index (κ1) is 17.0. The van der Waals surface area contributed by atoms with Crippen molar-refractivity contribution in [2.75, 3.05) is 5.32 Å². The monoisotopic (exact) mass is 326 g/mol. The van der Waals surface area contributed by atoms with Gasteiger partial charge in [0.1, 0.15) is 11.5 Å². The predicted octanol–water partition coefficient (Wildman–Crippen LogP) is 3.19. The number of halogens is 3. The quantitative estimate of drug-likeness (QED) is 0.942. The summed E-state index contributed by atoms with van der Waals surface area (Å²) in [7, 11) is 1.77. The van der Waals surface area contributed by atoms with Gasteiger partial charge in [-0.3, -0.25) is 9.48 Å².